The number of aryl methyl sites for hydroxylation is 1. The van der Waals surface area contributed by atoms with E-state index in [2.05, 4.69) is 0 Å². The maximum Gasteiger partial charge on any atom is 0.314 e. The summed E-state index contributed by atoms with van der Waals surface area (Å²) in [5, 5.41) is 9.52. The van der Waals surface area contributed by atoms with Crippen molar-refractivity contribution < 1.29 is 19.4 Å². The van der Waals surface area contributed by atoms with E-state index in [1.54, 1.807) is 20.3 Å². The number of carbonyl (C=O) groups is 1. The van der Waals surface area contributed by atoms with Gasteiger partial charge in [-0.25, -0.2) is 0 Å². The molecule has 0 heterocycles. The van der Waals surface area contributed by atoms with Gasteiger partial charge >= 0.3 is 5.97 Å². The normalized spacial score (nSPS) is 16.8. The number of ether oxygens (including phenoxy) is 2. The maximum absolute atomic E-state index is 11.6. The Morgan fingerprint density at radius 3 is 2.33 bits per heavy atom. The zero-order valence-corrected chi connectivity index (χ0v) is 10.9. The van der Waals surface area contributed by atoms with E-state index in [0.29, 0.717) is 24.3 Å². The van der Waals surface area contributed by atoms with Crippen molar-refractivity contribution in [2.45, 2.75) is 31.6 Å². The number of hydrogen-bond acceptors (Lipinski definition) is 3. The van der Waals surface area contributed by atoms with Gasteiger partial charge in [-0.1, -0.05) is 6.42 Å². The van der Waals surface area contributed by atoms with Crippen molar-refractivity contribution >= 4 is 5.97 Å². The minimum Gasteiger partial charge on any atom is -0.497 e. The molecule has 0 radical (unpaired) electrons. The highest BCUT2D eigenvalue weighted by atomic mass is 16.5. The number of rotatable bonds is 4. The summed E-state index contributed by atoms with van der Waals surface area (Å²) < 4.78 is 10.5. The number of carboxylic acid groups (broad SMARTS) is 1. The first-order valence-electron chi connectivity index (χ1n) is 6.01. The largest absolute Gasteiger partial charge is 0.497 e. The van der Waals surface area contributed by atoms with Crippen LogP contribution in [0.4, 0.5) is 0 Å². The van der Waals surface area contributed by atoms with Gasteiger partial charge in [0.05, 0.1) is 19.6 Å². The van der Waals surface area contributed by atoms with Crippen LogP contribution in [-0.2, 0) is 10.2 Å². The van der Waals surface area contributed by atoms with Crippen molar-refractivity contribution in [3.05, 3.63) is 23.3 Å². The lowest BCUT2D eigenvalue weighted by Crippen LogP contribution is -2.43. The third kappa shape index (κ3) is 1.72. The van der Waals surface area contributed by atoms with Gasteiger partial charge in [-0.15, -0.1) is 0 Å². The van der Waals surface area contributed by atoms with Gasteiger partial charge in [0.15, 0.2) is 0 Å². The van der Waals surface area contributed by atoms with Crippen molar-refractivity contribution in [2.75, 3.05) is 14.2 Å². The lowest BCUT2D eigenvalue weighted by Gasteiger charge is -2.39. The Labute approximate surface area is 107 Å². The fourth-order valence-corrected chi connectivity index (χ4v) is 2.72. The van der Waals surface area contributed by atoms with Gasteiger partial charge in [0, 0.05) is 11.6 Å². The van der Waals surface area contributed by atoms with Gasteiger partial charge < -0.3 is 14.6 Å². The van der Waals surface area contributed by atoms with E-state index in [1.807, 2.05) is 13.0 Å². The molecule has 0 bridgehead atoms. The second kappa shape index (κ2) is 4.52. The summed E-state index contributed by atoms with van der Waals surface area (Å²) in [4.78, 5) is 11.6. The van der Waals surface area contributed by atoms with Crippen molar-refractivity contribution in [3.8, 4) is 11.5 Å². The zero-order chi connectivity index (χ0) is 13.3. The fourth-order valence-electron chi connectivity index (χ4n) is 2.72. The van der Waals surface area contributed by atoms with Gasteiger partial charge in [-0.3, -0.25) is 4.79 Å². The van der Waals surface area contributed by atoms with Crippen LogP contribution in [0.1, 0.15) is 30.4 Å². The minimum atomic E-state index is -0.776. The smallest absolute Gasteiger partial charge is 0.314 e. The predicted octanol–water partition coefficient (Wildman–Crippen LogP) is 2.52. The Morgan fingerprint density at radius 2 is 1.94 bits per heavy atom. The summed E-state index contributed by atoms with van der Waals surface area (Å²) in [5.41, 5.74) is 0.930. The van der Waals surface area contributed by atoms with E-state index in [0.717, 1.165) is 17.5 Å². The molecule has 4 nitrogen and oxygen atoms in total. The molecule has 0 aliphatic heterocycles. The van der Waals surface area contributed by atoms with Crippen LogP contribution in [0.2, 0.25) is 0 Å². The molecule has 1 aromatic carbocycles. The Balaban J connectivity index is 2.59. The molecule has 0 aromatic heterocycles. The Bertz CT molecular complexity index is 475. The van der Waals surface area contributed by atoms with E-state index in [4.69, 9.17) is 9.47 Å². The summed E-state index contributed by atoms with van der Waals surface area (Å²) in [6, 6.07) is 3.62. The van der Waals surface area contributed by atoms with E-state index in [1.165, 1.54) is 0 Å². The molecule has 0 spiro atoms. The molecule has 0 unspecified atom stereocenters. The molecule has 1 aliphatic carbocycles. The van der Waals surface area contributed by atoms with E-state index < -0.39 is 11.4 Å². The van der Waals surface area contributed by atoms with Crippen molar-refractivity contribution in [2.24, 2.45) is 0 Å². The standard InChI is InChI=1S/C14H18O4/c1-9-7-10(17-2)8-11(18-3)12(9)14(13(15)16)5-4-6-14/h7-8H,4-6H2,1-3H3,(H,15,16). The highest BCUT2D eigenvalue weighted by Crippen LogP contribution is 2.49. The molecule has 0 amide bonds. The molecule has 1 fully saturated rings. The summed E-state index contributed by atoms with van der Waals surface area (Å²) in [7, 11) is 3.15. The first-order chi connectivity index (χ1) is 8.55. The monoisotopic (exact) mass is 250 g/mol. The molecule has 18 heavy (non-hydrogen) atoms. The molecule has 1 aromatic rings. The average Bonchev–Trinajstić information content (AvgIpc) is 2.28. The van der Waals surface area contributed by atoms with Crippen LogP contribution in [0.15, 0.2) is 12.1 Å². The van der Waals surface area contributed by atoms with Crippen molar-refractivity contribution in [3.63, 3.8) is 0 Å². The van der Waals surface area contributed by atoms with Crippen LogP contribution < -0.4 is 9.47 Å². The molecule has 2 rings (SSSR count). The van der Waals surface area contributed by atoms with Crippen LogP contribution in [-0.4, -0.2) is 25.3 Å². The summed E-state index contributed by atoms with van der Waals surface area (Å²) in [6.45, 7) is 1.91. The number of methoxy groups -OCH3 is 2. The molecule has 1 saturated carbocycles. The molecular weight excluding hydrogens is 232 g/mol. The second-order valence-electron chi connectivity index (χ2n) is 4.76. The second-order valence-corrected chi connectivity index (χ2v) is 4.76. The zero-order valence-electron chi connectivity index (χ0n) is 10.9. The molecule has 0 saturated heterocycles. The Kier molecular flexibility index (Phi) is 3.20. The van der Waals surface area contributed by atoms with Gasteiger partial charge in [-0.05, 0) is 31.4 Å². The van der Waals surface area contributed by atoms with Crippen LogP contribution in [0.5, 0.6) is 11.5 Å². The van der Waals surface area contributed by atoms with E-state index in [9.17, 15) is 9.90 Å². The summed E-state index contributed by atoms with van der Waals surface area (Å²) >= 11 is 0. The number of carboxylic acids is 1. The van der Waals surface area contributed by atoms with Crippen LogP contribution in [0.3, 0.4) is 0 Å². The van der Waals surface area contributed by atoms with Crippen LogP contribution in [0, 0.1) is 6.92 Å². The molecular formula is C14H18O4. The molecule has 0 atom stereocenters. The summed E-state index contributed by atoms with van der Waals surface area (Å²) in [6.07, 6.45) is 2.29. The molecule has 1 N–H and O–H groups in total. The van der Waals surface area contributed by atoms with Crippen molar-refractivity contribution in [1.29, 1.82) is 0 Å². The van der Waals surface area contributed by atoms with E-state index in [-0.39, 0.29) is 0 Å². The molecule has 4 heteroatoms. The first-order valence-corrected chi connectivity index (χ1v) is 6.01. The number of hydrogen-bond donors (Lipinski definition) is 1. The predicted molar refractivity (Wildman–Crippen MR) is 67.4 cm³/mol. The third-order valence-corrected chi connectivity index (χ3v) is 3.82. The lowest BCUT2D eigenvalue weighted by atomic mass is 9.63. The maximum atomic E-state index is 11.6. The minimum absolute atomic E-state index is 0.606. The molecule has 98 valence electrons. The Morgan fingerprint density at radius 1 is 1.28 bits per heavy atom. The quantitative estimate of drug-likeness (QED) is 0.892. The van der Waals surface area contributed by atoms with Gasteiger partial charge in [-0.2, -0.15) is 0 Å². The van der Waals surface area contributed by atoms with Gasteiger partial charge in [0.25, 0.3) is 0 Å². The molecule has 1 aliphatic rings. The van der Waals surface area contributed by atoms with E-state index >= 15 is 0 Å². The fraction of sp³-hybridized carbons (Fsp3) is 0.500. The topological polar surface area (TPSA) is 55.8 Å². The third-order valence-electron chi connectivity index (χ3n) is 3.82. The SMILES string of the molecule is COc1cc(C)c(C2(C(=O)O)CCC2)c(OC)c1. The Hall–Kier alpha value is -1.71. The van der Waals surface area contributed by atoms with Crippen LogP contribution >= 0.6 is 0 Å². The highest BCUT2D eigenvalue weighted by molar-refractivity contribution is 5.84. The average molecular weight is 250 g/mol. The van der Waals surface area contributed by atoms with Gasteiger partial charge in [0.1, 0.15) is 11.5 Å². The van der Waals surface area contributed by atoms with Gasteiger partial charge in [0.2, 0.25) is 0 Å². The summed E-state index contributed by atoms with van der Waals surface area (Å²) in [5.74, 6) is 0.530. The number of benzene rings is 1. The highest BCUT2D eigenvalue weighted by Gasteiger charge is 2.48. The van der Waals surface area contributed by atoms with Crippen molar-refractivity contribution in [1.82, 2.24) is 0 Å². The first kappa shape index (κ1) is 12.7. The lowest BCUT2D eigenvalue weighted by molar-refractivity contribution is -0.147. The number of aliphatic carboxylic acids is 1. The van der Waals surface area contributed by atoms with Crippen LogP contribution in [0.25, 0.3) is 0 Å².